The third-order valence-electron chi connectivity index (χ3n) is 2.69. The number of sulfonamides is 1. The number of carbonyl (C=O) groups is 1. The van der Waals surface area contributed by atoms with E-state index in [4.69, 9.17) is 16.3 Å². The zero-order valence-electron chi connectivity index (χ0n) is 12.0. The van der Waals surface area contributed by atoms with E-state index in [0.717, 1.165) is 10.6 Å². The molecule has 118 valence electrons. The Morgan fingerprint density at radius 1 is 1.43 bits per heavy atom. The fraction of sp³-hybridized carbons (Fsp3) is 0.417. The molecule has 0 aromatic heterocycles. The number of nitrogens with one attached hydrogen (secondary N) is 2. The van der Waals surface area contributed by atoms with Gasteiger partial charge < -0.3 is 15.4 Å². The second kappa shape index (κ2) is 7.48. The molecule has 2 amide bonds. The van der Waals surface area contributed by atoms with E-state index in [1.165, 1.54) is 14.2 Å². The first-order valence-electron chi connectivity index (χ1n) is 6.03. The van der Waals surface area contributed by atoms with Crippen molar-refractivity contribution in [1.82, 2.24) is 9.62 Å². The summed E-state index contributed by atoms with van der Waals surface area (Å²) in [6.45, 7) is 0.384. The second-order valence-electron chi connectivity index (χ2n) is 4.31. The summed E-state index contributed by atoms with van der Waals surface area (Å²) < 4.78 is 28.5. The molecule has 1 aromatic rings. The zero-order chi connectivity index (χ0) is 16.0. The van der Waals surface area contributed by atoms with E-state index in [2.05, 4.69) is 10.6 Å². The van der Waals surface area contributed by atoms with Gasteiger partial charge in [0.15, 0.2) is 0 Å². The third-order valence-corrected chi connectivity index (χ3v) is 4.30. The fourth-order valence-corrected chi connectivity index (χ4v) is 2.09. The van der Waals surface area contributed by atoms with Gasteiger partial charge in [-0.25, -0.2) is 17.5 Å². The smallest absolute Gasteiger partial charge is 0.319 e. The SMILES string of the molecule is COc1ccc(NC(=O)NCCN(C)S(C)(=O)=O)cc1Cl. The highest BCUT2D eigenvalue weighted by Crippen LogP contribution is 2.26. The van der Waals surface area contributed by atoms with Gasteiger partial charge in [0.1, 0.15) is 5.75 Å². The number of methoxy groups -OCH3 is 1. The molecule has 21 heavy (non-hydrogen) atoms. The molecule has 0 spiro atoms. The van der Waals surface area contributed by atoms with Crippen molar-refractivity contribution >= 4 is 33.3 Å². The molecule has 2 N–H and O–H groups in total. The molecule has 1 rings (SSSR count). The predicted octanol–water partition coefficient (Wildman–Crippen LogP) is 1.36. The maximum atomic E-state index is 11.6. The van der Waals surface area contributed by atoms with Crippen LogP contribution >= 0.6 is 11.6 Å². The van der Waals surface area contributed by atoms with Crippen LogP contribution in [0.2, 0.25) is 5.02 Å². The summed E-state index contributed by atoms with van der Waals surface area (Å²) in [5.74, 6) is 0.511. The molecule has 0 fully saturated rings. The van der Waals surface area contributed by atoms with Crippen LogP contribution in [0.3, 0.4) is 0 Å². The summed E-state index contributed by atoms with van der Waals surface area (Å²) in [4.78, 5) is 11.6. The highest BCUT2D eigenvalue weighted by atomic mass is 35.5. The molecule has 0 aliphatic heterocycles. The number of hydrogen-bond donors (Lipinski definition) is 2. The maximum absolute atomic E-state index is 11.6. The van der Waals surface area contributed by atoms with Crippen molar-refractivity contribution in [3.05, 3.63) is 23.2 Å². The number of nitrogens with zero attached hydrogens (tertiary/aromatic N) is 1. The number of carbonyl (C=O) groups excluding carboxylic acids is 1. The van der Waals surface area contributed by atoms with E-state index in [1.54, 1.807) is 18.2 Å². The first-order valence-corrected chi connectivity index (χ1v) is 8.26. The van der Waals surface area contributed by atoms with Gasteiger partial charge in [-0.15, -0.1) is 0 Å². The molecule has 7 nitrogen and oxygen atoms in total. The lowest BCUT2D eigenvalue weighted by Gasteiger charge is -2.14. The number of likely N-dealkylation sites (N-methyl/N-ethyl adjacent to an activating group) is 1. The molecule has 1 aromatic carbocycles. The summed E-state index contributed by atoms with van der Waals surface area (Å²) in [6, 6.07) is 4.39. The lowest BCUT2D eigenvalue weighted by molar-refractivity contribution is 0.251. The second-order valence-corrected chi connectivity index (χ2v) is 6.81. The Hall–Kier alpha value is -1.51. The Bertz CT molecular complexity index is 607. The molecular formula is C12H18ClN3O4S. The van der Waals surface area contributed by atoms with Crippen LogP contribution in [0, 0.1) is 0 Å². The predicted molar refractivity (Wildman–Crippen MR) is 82.5 cm³/mol. The average molecular weight is 336 g/mol. The van der Waals surface area contributed by atoms with Gasteiger partial charge in [-0.3, -0.25) is 0 Å². The van der Waals surface area contributed by atoms with E-state index < -0.39 is 16.1 Å². The van der Waals surface area contributed by atoms with Gasteiger partial charge in [-0.05, 0) is 18.2 Å². The van der Waals surface area contributed by atoms with Gasteiger partial charge in [-0.1, -0.05) is 11.6 Å². The van der Waals surface area contributed by atoms with Crippen LogP contribution in [0.4, 0.5) is 10.5 Å². The van der Waals surface area contributed by atoms with Crippen molar-refractivity contribution in [1.29, 1.82) is 0 Å². The summed E-state index contributed by atoms with van der Waals surface area (Å²) >= 11 is 5.94. The number of halogens is 1. The number of ether oxygens (including phenoxy) is 1. The van der Waals surface area contributed by atoms with Crippen LogP contribution in [0.1, 0.15) is 0 Å². The molecule has 0 saturated carbocycles. The lowest BCUT2D eigenvalue weighted by atomic mass is 10.3. The molecule has 0 radical (unpaired) electrons. The minimum Gasteiger partial charge on any atom is -0.495 e. The molecule has 9 heteroatoms. The molecule has 0 aliphatic carbocycles. The quantitative estimate of drug-likeness (QED) is 0.821. The van der Waals surface area contributed by atoms with E-state index in [0.29, 0.717) is 16.5 Å². The first-order chi connectivity index (χ1) is 9.74. The molecule has 0 atom stereocenters. The Kier molecular flexibility index (Phi) is 6.25. The van der Waals surface area contributed by atoms with Gasteiger partial charge in [0, 0.05) is 25.8 Å². The monoisotopic (exact) mass is 335 g/mol. The topological polar surface area (TPSA) is 87.7 Å². The third kappa shape index (κ3) is 5.78. The number of rotatable bonds is 6. The molecule has 0 saturated heterocycles. The molecule has 0 bridgehead atoms. The van der Waals surface area contributed by atoms with Gasteiger partial charge in [0.05, 0.1) is 18.4 Å². The summed E-state index contributed by atoms with van der Waals surface area (Å²) in [6.07, 6.45) is 1.10. The molecular weight excluding hydrogens is 318 g/mol. The lowest BCUT2D eigenvalue weighted by Crippen LogP contribution is -2.37. The normalized spacial score (nSPS) is 11.3. The van der Waals surface area contributed by atoms with Crippen molar-refractivity contribution in [3.8, 4) is 5.75 Å². The van der Waals surface area contributed by atoms with Crippen LogP contribution in [-0.2, 0) is 10.0 Å². The van der Waals surface area contributed by atoms with Crippen LogP contribution in [0.15, 0.2) is 18.2 Å². The van der Waals surface area contributed by atoms with Crippen LogP contribution in [0.25, 0.3) is 0 Å². The van der Waals surface area contributed by atoms with Gasteiger partial charge in [-0.2, -0.15) is 0 Å². The number of anilines is 1. The Morgan fingerprint density at radius 3 is 2.62 bits per heavy atom. The Morgan fingerprint density at radius 2 is 2.10 bits per heavy atom. The molecule has 0 heterocycles. The maximum Gasteiger partial charge on any atom is 0.319 e. The minimum absolute atomic E-state index is 0.190. The Balaban J connectivity index is 2.46. The van der Waals surface area contributed by atoms with Gasteiger partial charge in [0.2, 0.25) is 10.0 Å². The molecule has 0 aliphatic rings. The van der Waals surface area contributed by atoms with Crippen molar-refractivity contribution in [2.24, 2.45) is 0 Å². The van der Waals surface area contributed by atoms with Crippen LogP contribution in [0.5, 0.6) is 5.75 Å². The van der Waals surface area contributed by atoms with E-state index in [1.807, 2.05) is 0 Å². The summed E-state index contributed by atoms with van der Waals surface area (Å²) in [5, 5.41) is 5.52. The highest BCUT2D eigenvalue weighted by Gasteiger charge is 2.11. The highest BCUT2D eigenvalue weighted by molar-refractivity contribution is 7.88. The minimum atomic E-state index is -3.24. The van der Waals surface area contributed by atoms with E-state index in [-0.39, 0.29) is 13.1 Å². The van der Waals surface area contributed by atoms with Gasteiger partial charge in [0.25, 0.3) is 0 Å². The summed E-state index contributed by atoms with van der Waals surface area (Å²) in [5.41, 5.74) is 0.509. The number of urea groups is 1. The number of hydrogen-bond acceptors (Lipinski definition) is 4. The van der Waals surface area contributed by atoms with Crippen LogP contribution in [-0.4, -0.2) is 52.3 Å². The van der Waals surface area contributed by atoms with Crippen molar-refractivity contribution < 1.29 is 17.9 Å². The van der Waals surface area contributed by atoms with Gasteiger partial charge >= 0.3 is 6.03 Å². The molecule has 0 unspecified atom stereocenters. The van der Waals surface area contributed by atoms with Crippen molar-refractivity contribution in [2.75, 3.05) is 38.8 Å². The first kappa shape index (κ1) is 17.5. The Labute approximate surface area is 129 Å². The summed E-state index contributed by atoms with van der Waals surface area (Å²) in [7, 11) is -0.301. The fourth-order valence-electron chi connectivity index (χ4n) is 1.41. The standard InChI is InChI=1S/C12H18ClN3O4S/c1-16(21(3,18)19)7-6-14-12(17)15-9-4-5-11(20-2)10(13)8-9/h4-5,8H,6-7H2,1-3H3,(H2,14,15,17). The van der Waals surface area contributed by atoms with E-state index in [9.17, 15) is 13.2 Å². The van der Waals surface area contributed by atoms with Crippen molar-refractivity contribution in [2.45, 2.75) is 0 Å². The largest absolute Gasteiger partial charge is 0.495 e. The van der Waals surface area contributed by atoms with Crippen molar-refractivity contribution in [3.63, 3.8) is 0 Å². The zero-order valence-corrected chi connectivity index (χ0v) is 13.6. The van der Waals surface area contributed by atoms with Crippen LogP contribution < -0.4 is 15.4 Å². The average Bonchev–Trinajstić information content (AvgIpc) is 2.37. The van der Waals surface area contributed by atoms with E-state index >= 15 is 0 Å². The number of amides is 2. The number of benzene rings is 1.